The van der Waals surface area contributed by atoms with E-state index in [0.717, 1.165) is 12.0 Å². The van der Waals surface area contributed by atoms with E-state index in [0.29, 0.717) is 12.2 Å². The van der Waals surface area contributed by atoms with Crippen molar-refractivity contribution >= 4 is 23.6 Å². The molecule has 142 valence electrons. The van der Waals surface area contributed by atoms with E-state index in [1.807, 2.05) is 6.92 Å². The van der Waals surface area contributed by atoms with Crippen LogP contribution in [0, 0.1) is 0 Å². The van der Waals surface area contributed by atoms with Crippen molar-refractivity contribution in [3.63, 3.8) is 0 Å². The molecule has 0 aromatic heterocycles. The van der Waals surface area contributed by atoms with Crippen molar-refractivity contribution in [1.29, 1.82) is 0 Å². The topological polar surface area (TPSA) is 58.6 Å². The summed E-state index contributed by atoms with van der Waals surface area (Å²) in [6.07, 6.45) is -3.17. The number of thioether (sulfide) groups is 1. The standard InChI is InChI=1S/C17H19F3N2O3S/c1-16-7-6-14(23)22(16)13(9-26-16)15(24)21-8-11-2-4-12(5-3-11)25-10-17(18,19)20/h2-5,13H,6-10H2,1H3,(H,21,24)/t13-,16+/m1/s1. The van der Waals surface area contributed by atoms with Crippen molar-refractivity contribution in [2.75, 3.05) is 12.4 Å². The Kier molecular flexibility index (Phi) is 5.09. The number of amides is 2. The summed E-state index contributed by atoms with van der Waals surface area (Å²) in [4.78, 5) is 25.9. The number of ether oxygens (including phenoxy) is 1. The molecule has 5 nitrogen and oxygen atoms in total. The highest BCUT2D eigenvalue weighted by Crippen LogP contribution is 2.47. The zero-order valence-electron chi connectivity index (χ0n) is 14.1. The predicted molar refractivity (Wildman–Crippen MR) is 90.6 cm³/mol. The van der Waals surface area contributed by atoms with E-state index in [2.05, 4.69) is 10.1 Å². The molecule has 2 saturated heterocycles. The Labute approximate surface area is 153 Å². The van der Waals surface area contributed by atoms with E-state index in [4.69, 9.17) is 0 Å². The Hall–Kier alpha value is -1.90. The summed E-state index contributed by atoms with van der Waals surface area (Å²) in [5.74, 6) is 0.471. The second-order valence-electron chi connectivity index (χ2n) is 6.53. The molecule has 2 amide bonds. The summed E-state index contributed by atoms with van der Waals surface area (Å²) < 4.78 is 41.0. The quantitative estimate of drug-likeness (QED) is 0.843. The van der Waals surface area contributed by atoms with Gasteiger partial charge in [0.15, 0.2) is 6.61 Å². The lowest BCUT2D eigenvalue weighted by molar-refractivity contribution is -0.153. The van der Waals surface area contributed by atoms with E-state index in [1.165, 1.54) is 12.1 Å². The van der Waals surface area contributed by atoms with Gasteiger partial charge in [0.1, 0.15) is 11.8 Å². The largest absolute Gasteiger partial charge is 0.484 e. The van der Waals surface area contributed by atoms with Crippen molar-refractivity contribution in [2.24, 2.45) is 0 Å². The smallest absolute Gasteiger partial charge is 0.422 e. The molecule has 0 saturated carbocycles. The number of halogens is 3. The van der Waals surface area contributed by atoms with Gasteiger partial charge in [-0.15, -0.1) is 11.8 Å². The minimum Gasteiger partial charge on any atom is -0.484 e. The van der Waals surface area contributed by atoms with E-state index < -0.39 is 18.8 Å². The Morgan fingerprint density at radius 1 is 1.38 bits per heavy atom. The molecule has 0 spiro atoms. The summed E-state index contributed by atoms with van der Waals surface area (Å²) in [5.41, 5.74) is 0.735. The van der Waals surface area contributed by atoms with Crippen LogP contribution in [0.15, 0.2) is 24.3 Å². The molecule has 3 rings (SSSR count). The van der Waals surface area contributed by atoms with E-state index in [1.54, 1.807) is 28.8 Å². The fraction of sp³-hybridized carbons (Fsp3) is 0.529. The van der Waals surface area contributed by atoms with Gasteiger partial charge in [-0.3, -0.25) is 9.59 Å². The van der Waals surface area contributed by atoms with Gasteiger partial charge in [-0.25, -0.2) is 0 Å². The molecule has 0 aliphatic carbocycles. The van der Waals surface area contributed by atoms with Crippen molar-refractivity contribution < 1.29 is 27.5 Å². The number of fused-ring (bicyclic) bond motifs is 1. The first-order valence-electron chi connectivity index (χ1n) is 8.20. The van der Waals surface area contributed by atoms with Crippen LogP contribution >= 0.6 is 11.8 Å². The van der Waals surface area contributed by atoms with Gasteiger partial charge < -0.3 is 15.0 Å². The van der Waals surface area contributed by atoms with Crippen molar-refractivity contribution in [3.8, 4) is 5.75 Å². The molecule has 2 heterocycles. The van der Waals surface area contributed by atoms with Crippen LogP contribution in [-0.4, -0.2) is 46.2 Å². The number of benzene rings is 1. The number of rotatable bonds is 5. The summed E-state index contributed by atoms with van der Waals surface area (Å²) >= 11 is 1.62. The van der Waals surface area contributed by atoms with Crippen LogP contribution in [0.2, 0.25) is 0 Å². The summed E-state index contributed by atoms with van der Waals surface area (Å²) in [6, 6.07) is 5.58. The van der Waals surface area contributed by atoms with Gasteiger partial charge in [-0.2, -0.15) is 13.2 Å². The Balaban J connectivity index is 1.53. The van der Waals surface area contributed by atoms with Gasteiger partial charge in [-0.05, 0) is 31.0 Å². The van der Waals surface area contributed by atoms with Crippen LogP contribution in [-0.2, 0) is 16.1 Å². The van der Waals surface area contributed by atoms with E-state index in [9.17, 15) is 22.8 Å². The zero-order chi connectivity index (χ0) is 18.9. The van der Waals surface area contributed by atoms with Crippen LogP contribution in [0.5, 0.6) is 5.75 Å². The van der Waals surface area contributed by atoms with Crippen LogP contribution in [0.25, 0.3) is 0 Å². The highest BCUT2D eigenvalue weighted by Gasteiger charge is 2.52. The molecule has 26 heavy (non-hydrogen) atoms. The number of hydrogen-bond acceptors (Lipinski definition) is 4. The molecular formula is C17H19F3N2O3S. The number of hydrogen-bond donors (Lipinski definition) is 1. The number of nitrogens with one attached hydrogen (secondary N) is 1. The molecule has 2 atom stereocenters. The maximum atomic E-state index is 12.5. The van der Waals surface area contributed by atoms with E-state index >= 15 is 0 Å². The Bertz CT molecular complexity index is 695. The molecule has 0 radical (unpaired) electrons. The fourth-order valence-corrected chi connectivity index (χ4v) is 4.62. The third-order valence-corrected chi connectivity index (χ3v) is 6.05. The number of carbonyl (C=O) groups excluding carboxylic acids is 2. The third-order valence-electron chi connectivity index (χ3n) is 4.54. The SMILES string of the molecule is C[C@]12CCC(=O)N1[C@@H](C(=O)NCc1ccc(OCC(F)(F)F)cc1)CS2. The predicted octanol–water partition coefficient (Wildman–Crippen LogP) is 2.70. The number of alkyl halides is 3. The highest BCUT2D eigenvalue weighted by molar-refractivity contribution is 8.01. The third kappa shape index (κ3) is 4.08. The monoisotopic (exact) mass is 388 g/mol. The van der Waals surface area contributed by atoms with Crippen molar-refractivity contribution in [3.05, 3.63) is 29.8 Å². The maximum absolute atomic E-state index is 12.5. The summed E-state index contributed by atoms with van der Waals surface area (Å²) in [6.45, 7) is 0.874. The molecule has 1 aromatic carbocycles. The van der Waals surface area contributed by atoms with Crippen LogP contribution in [0.4, 0.5) is 13.2 Å². The Morgan fingerprint density at radius 2 is 2.08 bits per heavy atom. The molecule has 1 N–H and O–H groups in total. The van der Waals surface area contributed by atoms with Gasteiger partial charge in [0, 0.05) is 18.7 Å². The lowest BCUT2D eigenvalue weighted by Crippen LogP contribution is -2.49. The van der Waals surface area contributed by atoms with Crippen LogP contribution < -0.4 is 10.1 Å². The lowest BCUT2D eigenvalue weighted by Gasteiger charge is -2.29. The second-order valence-corrected chi connectivity index (χ2v) is 8.03. The van der Waals surface area contributed by atoms with E-state index in [-0.39, 0.29) is 29.0 Å². The summed E-state index contributed by atoms with van der Waals surface area (Å²) in [7, 11) is 0. The average molecular weight is 388 g/mol. The molecular weight excluding hydrogens is 369 g/mol. The Morgan fingerprint density at radius 3 is 2.73 bits per heavy atom. The van der Waals surface area contributed by atoms with Crippen molar-refractivity contribution in [1.82, 2.24) is 10.2 Å². The molecule has 2 fully saturated rings. The van der Waals surface area contributed by atoms with Gasteiger partial charge >= 0.3 is 6.18 Å². The molecule has 0 unspecified atom stereocenters. The first-order chi connectivity index (χ1) is 12.2. The zero-order valence-corrected chi connectivity index (χ0v) is 15.0. The minimum atomic E-state index is -4.38. The second kappa shape index (κ2) is 7.02. The maximum Gasteiger partial charge on any atom is 0.422 e. The number of carbonyl (C=O) groups is 2. The molecule has 2 aliphatic heterocycles. The van der Waals surface area contributed by atoms with Crippen LogP contribution in [0.1, 0.15) is 25.3 Å². The molecule has 1 aromatic rings. The minimum absolute atomic E-state index is 0.00353. The molecule has 0 bridgehead atoms. The van der Waals surface area contributed by atoms with Crippen molar-refractivity contribution in [2.45, 2.75) is 43.4 Å². The van der Waals surface area contributed by atoms with Gasteiger partial charge in [0.2, 0.25) is 11.8 Å². The average Bonchev–Trinajstić information content (AvgIpc) is 3.07. The van der Waals surface area contributed by atoms with Gasteiger partial charge in [0.05, 0.1) is 4.87 Å². The van der Waals surface area contributed by atoms with Gasteiger partial charge in [0.25, 0.3) is 0 Å². The number of nitrogens with zero attached hydrogens (tertiary/aromatic N) is 1. The van der Waals surface area contributed by atoms with Crippen LogP contribution in [0.3, 0.4) is 0 Å². The first-order valence-corrected chi connectivity index (χ1v) is 9.19. The molecule has 2 aliphatic rings. The first kappa shape index (κ1) is 18.9. The lowest BCUT2D eigenvalue weighted by atomic mass is 10.2. The fourth-order valence-electron chi connectivity index (χ4n) is 3.19. The highest BCUT2D eigenvalue weighted by atomic mass is 32.2. The normalized spacial score (nSPS) is 25.3. The van der Waals surface area contributed by atoms with Gasteiger partial charge in [-0.1, -0.05) is 12.1 Å². The molecule has 9 heteroatoms. The summed E-state index contributed by atoms with van der Waals surface area (Å²) in [5, 5.41) is 2.80.